The first-order valence-electron chi connectivity index (χ1n) is 3.88. The first-order valence-corrected chi connectivity index (χ1v) is 4.26. The molecule has 0 aliphatic heterocycles. The molecular weight excluding hydrogens is 286 g/mol. The maximum absolute atomic E-state index is 12.6. The summed E-state index contributed by atoms with van der Waals surface area (Å²) in [5.41, 5.74) is 0. The zero-order valence-electron chi connectivity index (χ0n) is 7.76. The molecule has 10 heteroatoms. The number of nitriles is 1. The summed E-state index contributed by atoms with van der Waals surface area (Å²) in [6, 6.07) is 1.01. The summed E-state index contributed by atoms with van der Waals surface area (Å²) in [5.74, 6) is -18.3. The predicted molar refractivity (Wildman–Crippen MR) is 40.5 cm³/mol. The van der Waals surface area contributed by atoms with Gasteiger partial charge < -0.3 is 0 Å². The maximum Gasteiger partial charge on any atom is 0.392 e. The monoisotopic (exact) mass is 289 g/mol. The molecule has 0 saturated carbocycles. The minimum atomic E-state index is -6.44. The van der Waals surface area contributed by atoms with Gasteiger partial charge >= 0.3 is 23.1 Å². The fourth-order valence-electron chi connectivity index (χ4n) is 0.778. The molecule has 0 atom stereocenters. The van der Waals surface area contributed by atoms with Gasteiger partial charge in [0.05, 0.1) is 6.07 Å². The van der Waals surface area contributed by atoms with Crippen molar-refractivity contribution < 1.29 is 35.1 Å². The molecule has 0 amide bonds. The molecule has 0 aliphatic carbocycles. The summed E-state index contributed by atoms with van der Waals surface area (Å²) in [4.78, 5) is 0. The van der Waals surface area contributed by atoms with Crippen molar-refractivity contribution in [1.82, 2.24) is 0 Å². The third kappa shape index (κ3) is 2.73. The Labute approximate surface area is 94.9 Å². The predicted octanol–water partition coefficient (Wildman–Crippen LogP) is 4.03. The van der Waals surface area contributed by atoms with Crippen LogP contribution in [0.4, 0.5) is 35.1 Å². The summed E-state index contributed by atoms with van der Waals surface area (Å²) >= 11 is 3.69. The Morgan fingerprint density at radius 3 is 1.59 bits per heavy atom. The van der Waals surface area contributed by atoms with E-state index in [9.17, 15) is 35.1 Å². The topological polar surface area (TPSA) is 23.8 Å². The summed E-state index contributed by atoms with van der Waals surface area (Å²) in [6.07, 6.45) is -3.19. The van der Waals surface area contributed by atoms with Gasteiger partial charge in [0.25, 0.3) is 0 Å². The van der Waals surface area contributed by atoms with Gasteiger partial charge in [0.1, 0.15) is 0 Å². The van der Waals surface area contributed by atoms with Crippen LogP contribution in [-0.4, -0.2) is 23.1 Å². The lowest BCUT2D eigenvalue weighted by molar-refractivity contribution is -0.348. The van der Waals surface area contributed by atoms with Gasteiger partial charge in [-0.3, -0.25) is 0 Å². The Balaban J connectivity index is 5.33. The van der Waals surface area contributed by atoms with E-state index in [1.54, 1.807) is 0 Å². The molecule has 0 spiro atoms. The third-order valence-electron chi connectivity index (χ3n) is 1.76. The average Bonchev–Trinajstić information content (AvgIpc) is 2.12. The van der Waals surface area contributed by atoms with Gasteiger partial charge in [0.2, 0.25) is 0 Å². The van der Waals surface area contributed by atoms with Crippen molar-refractivity contribution in [3.05, 3.63) is 0 Å². The van der Waals surface area contributed by atoms with Crippen LogP contribution in [-0.2, 0) is 0 Å². The van der Waals surface area contributed by atoms with Crippen LogP contribution in [0.5, 0.6) is 0 Å². The van der Waals surface area contributed by atoms with Crippen molar-refractivity contribution in [2.75, 3.05) is 0 Å². The minimum Gasteiger partial charge on any atom is -0.200 e. The number of halogens is 9. The van der Waals surface area contributed by atoms with Crippen molar-refractivity contribution in [2.45, 2.75) is 36.0 Å². The first-order chi connectivity index (χ1) is 7.31. The minimum absolute atomic E-state index is 1.01. The lowest BCUT2D eigenvalue weighted by Crippen LogP contribution is -2.60. The summed E-state index contributed by atoms with van der Waals surface area (Å²) in [7, 11) is 0. The molecule has 1 nitrogen and oxygen atoms in total. The van der Waals surface area contributed by atoms with Crippen LogP contribution in [0, 0.1) is 11.3 Å². The van der Waals surface area contributed by atoms with E-state index in [0.717, 1.165) is 6.07 Å². The highest BCUT2D eigenvalue weighted by atomic mass is 35.5. The standard InChI is InChI=1S/C7H4ClF8N/c8-7(15,16)6(13,14)5(11,12)4(9,10)2-1-3-17/h1-2H2. The average molecular weight is 290 g/mol. The van der Waals surface area contributed by atoms with Gasteiger partial charge in [0, 0.05) is 12.8 Å². The molecule has 0 rings (SSSR count). The summed E-state index contributed by atoms with van der Waals surface area (Å²) in [6.45, 7) is 0. The van der Waals surface area contributed by atoms with Crippen LogP contribution in [0.25, 0.3) is 0 Å². The Morgan fingerprint density at radius 1 is 0.882 bits per heavy atom. The summed E-state index contributed by atoms with van der Waals surface area (Å²) in [5, 5.41) is 2.03. The Morgan fingerprint density at radius 2 is 1.29 bits per heavy atom. The van der Waals surface area contributed by atoms with E-state index in [-0.39, 0.29) is 0 Å². The van der Waals surface area contributed by atoms with Gasteiger partial charge in [-0.05, 0) is 11.6 Å². The van der Waals surface area contributed by atoms with Crippen LogP contribution in [0.15, 0.2) is 0 Å². The van der Waals surface area contributed by atoms with E-state index in [4.69, 9.17) is 5.26 Å². The second kappa shape index (κ2) is 4.48. The summed E-state index contributed by atoms with van der Waals surface area (Å²) < 4.78 is 99.4. The van der Waals surface area contributed by atoms with Gasteiger partial charge in [-0.25, -0.2) is 0 Å². The van der Waals surface area contributed by atoms with E-state index < -0.39 is 36.0 Å². The highest BCUT2D eigenvalue weighted by molar-refractivity contribution is 6.22. The number of nitrogens with zero attached hydrogens (tertiary/aromatic N) is 1. The van der Waals surface area contributed by atoms with Crippen LogP contribution in [0.1, 0.15) is 12.8 Å². The molecule has 0 saturated heterocycles. The lowest BCUT2D eigenvalue weighted by Gasteiger charge is -2.34. The molecule has 0 aromatic carbocycles. The van der Waals surface area contributed by atoms with Crippen molar-refractivity contribution in [2.24, 2.45) is 0 Å². The third-order valence-corrected chi connectivity index (χ3v) is 2.00. The lowest BCUT2D eigenvalue weighted by atomic mass is 10.0. The number of alkyl halides is 9. The number of rotatable bonds is 5. The molecule has 0 aromatic rings. The molecule has 0 radical (unpaired) electrons. The fourth-order valence-corrected chi connectivity index (χ4v) is 0.896. The second-order valence-corrected chi connectivity index (χ2v) is 3.48. The van der Waals surface area contributed by atoms with Crippen LogP contribution in [0.3, 0.4) is 0 Å². The Hall–Kier alpha value is -0.780. The van der Waals surface area contributed by atoms with Crippen molar-refractivity contribution in [3.63, 3.8) is 0 Å². The second-order valence-electron chi connectivity index (χ2n) is 3.01. The quantitative estimate of drug-likeness (QED) is 0.554. The number of hydrogen-bond donors (Lipinski definition) is 0. The van der Waals surface area contributed by atoms with E-state index in [1.807, 2.05) is 0 Å². The molecule has 0 aliphatic rings. The first kappa shape index (κ1) is 16.2. The van der Waals surface area contributed by atoms with Crippen LogP contribution in [0.2, 0.25) is 0 Å². The highest BCUT2D eigenvalue weighted by Gasteiger charge is 2.79. The Bertz CT molecular complexity index is 315. The number of hydrogen-bond acceptors (Lipinski definition) is 1. The SMILES string of the molecule is N#CCCC(F)(F)C(F)(F)C(F)(F)C(F)(F)Cl. The van der Waals surface area contributed by atoms with Crippen molar-refractivity contribution >= 4 is 11.6 Å². The zero-order valence-corrected chi connectivity index (χ0v) is 8.52. The molecule has 0 bridgehead atoms. The van der Waals surface area contributed by atoms with Gasteiger partial charge in [0.15, 0.2) is 0 Å². The van der Waals surface area contributed by atoms with Gasteiger partial charge in [-0.2, -0.15) is 40.4 Å². The van der Waals surface area contributed by atoms with Gasteiger partial charge in [-0.1, -0.05) is 0 Å². The Kier molecular flexibility index (Phi) is 4.27. The largest absolute Gasteiger partial charge is 0.392 e. The molecule has 0 unspecified atom stereocenters. The van der Waals surface area contributed by atoms with Gasteiger partial charge in [-0.15, -0.1) is 0 Å². The fraction of sp³-hybridized carbons (Fsp3) is 0.857. The molecule has 0 heterocycles. The zero-order chi connectivity index (χ0) is 14.1. The van der Waals surface area contributed by atoms with E-state index >= 15 is 0 Å². The molecule has 17 heavy (non-hydrogen) atoms. The highest BCUT2D eigenvalue weighted by Crippen LogP contribution is 2.54. The molecule has 0 aromatic heterocycles. The normalized spacial score (nSPS) is 14.6. The molecule has 0 N–H and O–H groups in total. The van der Waals surface area contributed by atoms with Crippen LogP contribution >= 0.6 is 11.6 Å². The molecule has 100 valence electrons. The smallest absolute Gasteiger partial charge is 0.200 e. The van der Waals surface area contributed by atoms with E-state index in [0.29, 0.717) is 0 Å². The van der Waals surface area contributed by atoms with Crippen molar-refractivity contribution in [3.8, 4) is 6.07 Å². The van der Waals surface area contributed by atoms with Crippen molar-refractivity contribution in [1.29, 1.82) is 5.26 Å². The molecular formula is C7H4ClF8N. The van der Waals surface area contributed by atoms with E-state index in [1.165, 1.54) is 0 Å². The maximum atomic E-state index is 12.6. The van der Waals surface area contributed by atoms with E-state index in [2.05, 4.69) is 11.6 Å². The molecule has 0 fully saturated rings. The van der Waals surface area contributed by atoms with Crippen LogP contribution < -0.4 is 0 Å².